The van der Waals surface area contributed by atoms with E-state index in [4.69, 9.17) is 0 Å². The lowest BCUT2D eigenvalue weighted by Gasteiger charge is -2.60. The Bertz CT molecular complexity index is 711. The van der Waals surface area contributed by atoms with Gasteiger partial charge < -0.3 is 15.3 Å². The Morgan fingerprint density at radius 2 is 1.55 bits per heavy atom. The SMILES string of the molecule is C[C@H]1CC[C@@H]2N(C1)C[C@H]1[C@@H]3CC4[C@@H](C[C@H](O)[C@H]5C[C@@H](O)CC[C@]45C)C3CC[C@@H]1[C@]2(C)O. The molecule has 0 aromatic rings. The van der Waals surface area contributed by atoms with Gasteiger partial charge in [-0.2, -0.15) is 0 Å². The Morgan fingerprint density at radius 3 is 2.35 bits per heavy atom. The second kappa shape index (κ2) is 7.17. The molecule has 6 aliphatic rings. The zero-order chi connectivity index (χ0) is 21.7. The van der Waals surface area contributed by atoms with E-state index in [2.05, 4.69) is 25.7 Å². The Morgan fingerprint density at radius 1 is 0.742 bits per heavy atom. The lowest BCUT2D eigenvalue weighted by atomic mass is 9.51. The number of fused-ring (bicyclic) bond motifs is 8. The van der Waals surface area contributed by atoms with Crippen LogP contribution in [-0.2, 0) is 0 Å². The summed E-state index contributed by atoms with van der Waals surface area (Å²) in [5.41, 5.74) is -0.365. The lowest BCUT2D eigenvalue weighted by molar-refractivity contribution is -0.176. The quantitative estimate of drug-likeness (QED) is 0.547. The highest BCUT2D eigenvalue weighted by molar-refractivity contribution is 5.14. The third kappa shape index (κ3) is 3.00. The highest BCUT2D eigenvalue weighted by Gasteiger charge is 2.64. The molecule has 4 aliphatic carbocycles. The number of hydrogen-bond donors (Lipinski definition) is 3. The van der Waals surface area contributed by atoms with E-state index in [9.17, 15) is 15.3 Å². The molecule has 0 aromatic heterocycles. The van der Waals surface area contributed by atoms with Gasteiger partial charge in [0.05, 0.1) is 17.8 Å². The molecule has 4 nitrogen and oxygen atoms in total. The van der Waals surface area contributed by atoms with Crippen molar-refractivity contribution in [2.24, 2.45) is 52.8 Å². The predicted molar refractivity (Wildman–Crippen MR) is 121 cm³/mol. The summed E-state index contributed by atoms with van der Waals surface area (Å²) in [7, 11) is 0. The molecule has 6 fully saturated rings. The molecule has 4 saturated carbocycles. The standard InChI is InChI=1S/C27H45NO3/c1-15-4-7-25-27(3,31)21-6-5-17-18(20(21)14-28(25)13-15)11-22-19(17)12-24(30)23-10-16(29)8-9-26(22,23)2/h15-25,29-31H,4-14H2,1-3H3/t15-,16-,17?,18+,19-,20-,21-,22?,23+,24-,25-,26+,27-/m0/s1. The van der Waals surface area contributed by atoms with Gasteiger partial charge in [-0.25, -0.2) is 0 Å². The van der Waals surface area contributed by atoms with Gasteiger partial charge in [-0.15, -0.1) is 0 Å². The van der Waals surface area contributed by atoms with Crippen molar-refractivity contribution in [2.45, 2.75) is 102 Å². The van der Waals surface area contributed by atoms with E-state index >= 15 is 0 Å². The van der Waals surface area contributed by atoms with Crippen molar-refractivity contribution in [3.8, 4) is 0 Å². The number of hydrogen-bond acceptors (Lipinski definition) is 4. The molecular formula is C27H45NO3. The van der Waals surface area contributed by atoms with E-state index in [1.165, 1.54) is 32.2 Å². The minimum Gasteiger partial charge on any atom is -0.393 e. The second-order valence-corrected chi connectivity index (χ2v) is 13.4. The van der Waals surface area contributed by atoms with Crippen molar-refractivity contribution in [1.82, 2.24) is 4.90 Å². The molecule has 2 saturated heterocycles. The minimum absolute atomic E-state index is 0.188. The van der Waals surface area contributed by atoms with Crippen LogP contribution in [0.15, 0.2) is 0 Å². The van der Waals surface area contributed by atoms with Gasteiger partial charge in [0.1, 0.15) is 0 Å². The fourth-order valence-electron chi connectivity index (χ4n) is 10.6. The number of piperidine rings is 2. The van der Waals surface area contributed by atoms with Crippen molar-refractivity contribution in [1.29, 1.82) is 0 Å². The van der Waals surface area contributed by atoms with Crippen molar-refractivity contribution < 1.29 is 15.3 Å². The van der Waals surface area contributed by atoms with Gasteiger partial charge in [-0.05, 0) is 117 Å². The molecule has 0 aromatic carbocycles. The van der Waals surface area contributed by atoms with Crippen LogP contribution < -0.4 is 0 Å². The fraction of sp³-hybridized carbons (Fsp3) is 1.00. The Hall–Kier alpha value is -0.160. The summed E-state index contributed by atoms with van der Waals surface area (Å²) in [6, 6.07) is 0.355. The largest absolute Gasteiger partial charge is 0.393 e. The second-order valence-electron chi connectivity index (χ2n) is 13.4. The summed E-state index contributed by atoms with van der Waals surface area (Å²) in [6.45, 7) is 9.36. The van der Waals surface area contributed by atoms with Crippen molar-refractivity contribution >= 4 is 0 Å². The molecule has 4 heteroatoms. The predicted octanol–water partition coefficient (Wildman–Crippen LogP) is 3.68. The molecule has 2 heterocycles. The number of rotatable bonds is 0. The maximum atomic E-state index is 11.8. The third-order valence-electron chi connectivity index (χ3n) is 12.0. The molecule has 2 aliphatic heterocycles. The molecule has 3 N–H and O–H groups in total. The zero-order valence-electron chi connectivity index (χ0n) is 19.9. The van der Waals surface area contributed by atoms with Crippen LogP contribution in [0.25, 0.3) is 0 Å². The molecule has 176 valence electrons. The average Bonchev–Trinajstić information content (AvgIpc) is 3.09. The van der Waals surface area contributed by atoms with E-state index in [0.29, 0.717) is 35.6 Å². The first-order valence-corrected chi connectivity index (χ1v) is 13.5. The summed E-state index contributed by atoms with van der Waals surface area (Å²) in [4.78, 5) is 2.68. The molecule has 6 rings (SSSR count). The summed E-state index contributed by atoms with van der Waals surface area (Å²) in [5.74, 6) is 4.89. The Balaban J connectivity index is 1.30. The van der Waals surface area contributed by atoms with Crippen LogP contribution in [0.1, 0.15) is 78.6 Å². The van der Waals surface area contributed by atoms with Crippen molar-refractivity contribution in [3.63, 3.8) is 0 Å². The van der Waals surface area contributed by atoms with Crippen molar-refractivity contribution in [3.05, 3.63) is 0 Å². The number of aliphatic hydroxyl groups excluding tert-OH is 2. The topological polar surface area (TPSA) is 63.9 Å². The smallest absolute Gasteiger partial charge is 0.0805 e. The van der Waals surface area contributed by atoms with E-state index in [1.54, 1.807) is 0 Å². The van der Waals surface area contributed by atoms with E-state index in [0.717, 1.165) is 50.5 Å². The van der Waals surface area contributed by atoms with Gasteiger partial charge in [0.15, 0.2) is 0 Å². The summed E-state index contributed by atoms with van der Waals surface area (Å²) < 4.78 is 0. The lowest BCUT2D eigenvalue weighted by Crippen LogP contribution is -2.67. The normalized spacial score (nSPS) is 61.5. The van der Waals surface area contributed by atoms with E-state index in [-0.39, 0.29) is 23.5 Å². The monoisotopic (exact) mass is 431 g/mol. The highest BCUT2D eigenvalue weighted by atomic mass is 16.3. The van der Waals surface area contributed by atoms with Crippen LogP contribution >= 0.6 is 0 Å². The molecule has 13 atom stereocenters. The van der Waals surface area contributed by atoms with Gasteiger partial charge in [0, 0.05) is 19.1 Å². The Labute approximate surface area is 188 Å². The number of nitrogens with zero attached hydrogens (tertiary/aromatic N) is 1. The average molecular weight is 432 g/mol. The van der Waals surface area contributed by atoms with Crippen molar-refractivity contribution in [2.75, 3.05) is 13.1 Å². The van der Waals surface area contributed by atoms with E-state index < -0.39 is 5.60 Å². The molecular weight excluding hydrogens is 386 g/mol. The molecule has 2 unspecified atom stereocenters. The minimum atomic E-state index is -0.553. The van der Waals surface area contributed by atoms with Crippen LogP contribution in [0.4, 0.5) is 0 Å². The first-order chi connectivity index (χ1) is 14.7. The van der Waals surface area contributed by atoms with Gasteiger partial charge in [-0.3, -0.25) is 4.90 Å². The Kier molecular flexibility index (Phi) is 4.94. The first kappa shape index (κ1) is 21.4. The van der Waals surface area contributed by atoms with Gasteiger partial charge in [0.2, 0.25) is 0 Å². The van der Waals surface area contributed by atoms with Gasteiger partial charge >= 0.3 is 0 Å². The molecule has 31 heavy (non-hydrogen) atoms. The maximum absolute atomic E-state index is 11.8. The van der Waals surface area contributed by atoms with Crippen LogP contribution in [0.3, 0.4) is 0 Å². The number of aliphatic hydroxyl groups is 3. The first-order valence-electron chi connectivity index (χ1n) is 13.5. The van der Waals surface area contributed by atoms with Crippen LogP contribution in [0.2, 0.25) is 0 Å². The summed E-state index contributed by atoms with van der Waals surface area (Å²) in [6.07, 6.45) is 9.43. The van der Waals surface area contributed by atoms with Crippen LogP contribution in [0.5, 0.6) is 0 Å². The van der Waals surface area contributed by atoms with E-state index in [1.807, 2.05) is 0 Å². The molecule has 0 bridgehead atoms. The van der Waals surface area contributed by atoms with Gasteiger partial charge in [0.25, 0.3) is 0 Å². The summed E-state index contributed by atoms with van der Waals surface area (Å²) in [5, 5.41) is 33.3. The molecule has 0 spiro atoms. The summed E-state index contributed by atoms with van der Waals surface area (Å²) >= 11 is 0. The highest BCUT2D eigenvalue weighted by Crippen LogP contribution is 2.67. The van der Waals surface area contributed by atoms with Crippen LogP contribution in [0, 0.1) is 52.8 Å². The van der Waals surface area contributed by atoms with Gasteiger partial charge in [-0.1, -0.05) is 13.8 Å². The maximum Gasteiger partial charge on any atom is 0.0805 e. The molecule has 0 radical (unpaired) electrons. The van der Waals surface area contributed by atoms with Crippen LogP contribution in [-0.4, -0.2) is 57.2 Å². The molecule has 0 amide bonds. The zero-order valence-corrected chi connectivity index (χ0v) is 19.9. The fourth-order valence-corrected chi connectivity index (χ4v) is 10.6. The third-order valence-corrected chi connectivity index (χ3v) is 12.0.